The van der Waals surface area contributed by atoms with Gasteiger partial charge in [0.25, 0.3) is 0 Å². The average molecular weight is 419 g/mol. The van der Waals surface area contributed by atoms with Gasteiger partial charge in [-0.2, -0.15) is 0 Å². The molecule has 0 N–H and O–H groups in total. The number of thiocarbonyl (C=S) groups is 1. The van der Waals surface area contributed by atoms with Crippen LogP contribution >= 0.6 is 12.2 Å². The average Bonchev–Trinajstić information content (AvgIpc) is 3.11. The number of azide groups is 1. The van der Waals surface area contributed by atoms with Gasteiger partial charge in [-0.15, -0.1) is 0 Å². The second-order valence-electron chi connectivity index (χ2n) is 6.82. The first-order chi connectivity index (χ1) is 14.1. The van der Waals surface area contributed by atoms with Crippen LogP contribution in [-0.4, -0.2) is 74.6 Å². The standard InChI is InChI=1S/C18H22FN7O2S/c19-16-10-14(26-12-15(11-22-23-20)28-18(26)27)2-3-17(16)25-8-6-24(7-9-25)5-1-4-21-13-29/h2-3,10,15H,1,4-9,11-12H2/t15-/m0/s1. The van der Waals surface area contributed by atoms with Crippen molar-refractivity contribution in [2.75, 3.05) is 62.2 Å². The van der Waals surface area contributed by atoms with Crippen molar-refractivity contribution in [3.05, 3.63) is 34.5 Å². The fourth-order valence-corrected chi connectivity index (χ4v) is 3.60. The Morgan fingerprint density at radius 3 is 2.83 bits per heavy atom. The molecule has 0 spiro atoms. The third-order valence-corrected chi connectivity index (χ3v) is 5.12. The monoisotopic (exact) mass is 419 g/mol. The van der Waals surface area contributed by atoms with Crippen molar-refractivity contribution in [1.82, 2.24) is 4.90 Å². The number of ether oxygens (including phenoxy) is 1. The molecule has 2 aliphatic heterocycles. The molecule has 0 radical (unpaired) electrons. The highest BCUT2D eigenvalue weighted by molar-refractivity contribution is 7.78. The number of hydrogen-bond donors (Lipinski definition) is 0. The number of carbonyl (C=O) groups excluding carboxylic acids is 1. The fraction of sp³-hybridized carbons (Fsp3) is 0.556. The van der Waals surface area contributed by atoms with Crippen molar-refractivity contribution in [2.24, 2.45) is 10.1 Å². The lowest BCUT2D eigenvalue weighted by molar-refractivity contribution is 0.145. The Morgan fingerprint density at radius 1 is 1.34 bits per heavy atom. The molecular weight excluding hydrogens is 397 g/mol. The highest BCUT2D eigenvalue weighted by Gasteiger charge is 2.32. The molecule has 2 aliphatic rings. The van der Waals surface area contributed by atoms with Crippen molar-refractivity contribution >= 4 is 34.8 Å². The normalized spacial score (nSPS) is 19.5. The summed E-state index contributed by atoms with van der Waals surface area (Å²) in [5, 5.41) is 5.79. The number of hydrogen-bond acceptors (Lipinski definition) is 7. The Bertz CT molecular complexity index is 833. The van der Waals surface area contributed by atoms with Crippen LogP contribution in [0.5, 0.6) is 0 Å². The van der Waals surface area contributed by atoms with Gasteiger partial charge in [-0.3, -0.25) is 9.80 Å². The minimum atomic E-state index is -0.568. The van der Waals surface area contributed by atoms with Gasteiger partial charge >= 0.3 is 6.09 Å². The number of carbonyl (C=O) groups is 1. The van der Waals surface area contributed by atoms with Gasteiger partial charge in [0, 0.05) is 37.6 Å². The summed E-state index contributed by atoms with van der Waals surface area (Å²) in [4.78, 5) is 24.3. The summed E-state index contributed by atoms with van der Waals surface area (Å²) < 4.78 is 19.9. The van der Waals surface area contributed by atoms with E-state index >= 15 is 0 Å². The Hall–Kier alpha value is -2.71. The number of rotatable bonds is 8. The lowest BCUT2D eigenvalue weighted by Crippen LogP contribution is -2.47. The van der Waals surface area contributed by atoms with Gasteiger partial charge in [-0.05, 0) is 42.4 Å². The second-order valence-corrected chi connectivity index (χ2v) is 7.00. The lowest BCUT2D eigenvalue weighted by Gasteiger charge is -2.36. The number of anilines is 2. The highest BCUT2D eigenvalue weighted by Crippen LogP contribution is 2.28. The van der Waals surface area contributed by atoms with Gasteiger partial charge < -0.3 is 9.64 Å². The van der Waals surface area contributed by atoms with Gasteiger partial charge in [0.05, 0.1) is 36.2 Å². The summed E-state index contributed by atoms with van der Waals surface area (Å²) >= 11 is 4.56. The van der Waals surface area contributed by atoms with Crippen LogP contribution in [-0.2, 0) is 4.74 Å². The molecule has 29 heavy (non-hydrogen) atoms. The van der Waals surface area contributed by atoms with Crippen LogP contribution in [0, 0.1) is 5.82 Å². The summed E-state index contributed by atoms with van der Waals surface area (Å²) in [5.74, 6) is -0.377. The molecule has 2 heterocycles. The molecule has 9 nitrogen and oxygen atoms in total. The minimum absolute atomic E-state index is 0.0570. The topological polar surface area (TPSA) is 97.1 Å². The summed E-state index contributed by atoms with van der Waals surface area (Å²) in [6, 6.07) is 4.76. The molecule has 0 bridgehead atoms. The number of piperazine rings is 1. The molecule has 154 valence electrons. The molecule has 2 saturated heterocycles. The van der Waals surface area contributed by atoms with Gasteiger partial charge in [0.15, 0.2) is 0 Å². The first-order valence-corrected chi connectivity index (χ1v) is 9.82. The zero-order valence-corrected chi connectivity index (χ0v) is 16.7. The van der Waals surface area contributed by atoms with Crippen molar-refractivity contribution < 1.29 is 13.9 Å². The Kier molecular flexibility index (Phi) is 7.37. The van der Waals surface area contributed by atoms with Gasteiger partial charge in [-0.1, -0.05) is 5.11 Å². The van der Waals surface area contributed by atoms with E-state index in [1.165, 1.54) is 11.0 Å². The molecule has 1 atom stereocenters. The molecule has 0 aromatic heterocycles. The number of amides is 1. The van der Waals surface area contributed by atoms with Crippen molar-refractivity contribution in [2.45, 2.75) is 12.5 Å². The molecule has 0 saturated carbocycles. The van der Waals surface area contributed by atoms with Crippen LogP contribution in [0.15, 0.2) is 28.3 Å². The Labute approximate surface area is 173 Å². The van der Waals surface area contributed by atoms with E-state index in [9.17, 15) is 9.18 Å². The van der Waals surface area contributed by atoms with Crippen LogP contribution in [0.25, 0.3) is 10.4 Å². The third kappa shape index (κ3) is 5.42. The number of isothiocyanates is 1. The predicted octanol–water partition coefficient (Wildman–Crippen LogP) is 3.08. The van der Waals surface area contributed by atoms with Gasteiger partial charge in [-0.25, -0.2) is 14.2 Å². The lowest BCUT2D eigenvalue weighted by atomic mass is 10.2. The smallest absolute Gasteiger partial charge is 0.414 e. The molecule has 1 aromatic rings. The van der Waals surface area contributed by atoms with E-state index in [2.05, 4.69) is 37.3 Å². The largest absolute Gasteiger partial charge is 0.444 e. The highest BCUT2D eigenvalue weighted by atomic mass is 32.1. The van der Waals surface area contributed by atoms with E-state index in [0.717, 1.165) is 39.1 Å². The molecule has 3 rings (SSSR count). The molecular formula is C18H22FN7O2S. The van der Waals surface area contributed by atoms with E-state index in [4.69, 9.17) is 10.3 Å². The Balaban J connectivity index is 1.57. The zero-order chi connectivity index (χ0) is 20.6. The SMILES string of the molecule is [N-]=[N+]=NC[C@H]1CN(c2ccc(N3CCN(CCCN=C=S)CC3)c(F)c2)C(=O)O1. The van der Waals surface area contributed by atoms with E-state index < -0.39 is 12.2 Å². The van der Waals surface area contributed by atoms with E-state index in [-0.39, 0.29) is 18.9 Å². The van der Waals surface area contributed by atoms with Crippen LogP contribution in [0.2, 0.25) is 0 Å². The summed E-state index contributed by atoms with van der Waals surface area (Å²) in [6.07, 6.45) is -0.162. The van der Waals surface area contributed by atoms with Crippen molar-refractivity contribution in [3.8, 4) is 0 Å². The maximum atomic E-state index is 14.8. The first-order valence-electron chi connectivity index (χ1n) is 9.42. The van der Waals surface area contributed by atoms with Gasteiger partial charge in [0.2, 0.25) is 0 Å². The summed E-state index contributed by atoms with van der Waals surface area (Å²) in [5.41, 5.74) is 9.34. The fourth-order valence-electron chi connectivity index (χ4n) is 3.51. The maximum Gasteiger partial charge on any atom is 0.414 e. The number of cyclic esters (lactones) is 1. The van der Waals surface area contributed by atoms with Crippen LogP contribution < -0.4 is 9.80 Å². The summed E-state index contributed by atoms with van der Waals surface area (Å²) in [6.45, 7) is 5.06. The van der Waals surface area contributed by atoms with Crippen LogP contribution in [0.3, 0.4) is 0 Å². The quantitative estimate of drug-likeness (QED) is 0.161. The zero-order valence-electron chi connectivity index (χ0n) is 15.9. The van der Waals surface area contributed by atoms with E-state index in [1.807, 2.05) is 4.90 Å². The first kappa shape index (κ1) is 21.0. The predicted molar refractivity (Wildman–Crippen MR) is 111 cm³/mol. The third-order valence-electron chi connectivity index (χ3n) is 4.99. The van der Waals surface area contributed by atoms with Crippen molar-refractivity contribution in [3.63, 3.8) is 0 Å². The molecule has 2 fully saturated rings. The van der Waals surface area contributed by atoms with E-state index in [0.29, 0.717) is 17.9 Å². The molecule has 0 unspecified atom stereocenters. The molecule has 11 heteroatoms. The minimum Gasteiger partial charge on any atom is -0.444 e. The molecule has 0 aliphatic carbocycles. The van der Waals surface area contributed by atoms with E-state index in [1.54, 1.807) is 12.1 Å². The second kappa shape index (κ2) is 10.2. The number of benzene rings is 1. The van der Waals surface area contributed by atoms with Crippen molar-refractivity contribution in [1.29, 1.82) is 0 Å². The molecule has 1 amide bonds. The van der Waals surface area contributed by atoms with Crippen LogP contribution in [0.4, 0.5) is 20.6 Å². The summed E-state index contributed by atoms with van der Waals surface area (Å²) in [7, 11) is 0. The molecule has 1 aromatic carbocycles. The van der Waals surface area contributed by atoms with Crippen LogP contribution in [0.1, 0.15) is 6.42 Å². The number of halogens is 1. The number of nitrogens with zero attached hydrogens (tertiary/aromatic N) is 7. The Morgan fingerprint density at radius 2 is 2.14 bits per heavy atom. The number of aliphatic imine (C=N–C) groups is 1. The maximum absolute atomic E-state index is 14.8. The van der Waals surface area contributed by atoms with Gasteiger partial charge in [0.1, 0.15) is 11.9 Å².